The fourth-order valence-electron chi connectivity index (χ4n) is 3.44. The van der Waals surface area contributed by atoms with Crippen molar-refractivity contribution in [1.29, 1.82) is 0 Å². The summed E-state index contributed by atoms with van der Waals surface area (Å²) in [6, 6.07) is 18.6. The first-order chi connectivity index (χ1) is 15.0. The van der Waals surface area contributed by atoms with Crippen molar-refractivity contribution in [2.45, 2.75) is 20.3 Å². The van der Waals surface area contributed by atoms with E-state index in [0.717, 1.165) is 33.7 Å². The van der Waals surface area contributed by atoms with Gasteiger partial charge in [0.25, 0.3) is 0 Å². The maximum absolute atomic E-state index is 13.0. The molecule has 156 valence electrons. The highest BCUT2D eigenvalue weighted by atomic mass is 19.1. The third kappa shape index (κ3) is 4.89. The van der Waals surface area contributed by atoms with Crippen LogP contribution in [0.25, 0.3) is 23.0 Å². The lowest BCUT2D eigenvalue weighted by Gasteiger charge is -2.04. The third-order valence-electron chi connectivity index (χ3n) is 5.16. The molecule has 31 heavy (non-hydrogen) atoms. The van der Waals surface area contributed by atoms with E-state index in [9.17, 15) is 9.18 Å². The Balaban J connectivity index is 1.54. The smallest absolute Gasteiger partial charge is 0.244 e. The monoisotopic (exact) mass is 413 g/mol. The van der Waals surface area contributed by atoms with Crippen LogP contribution in [0.3, 0.4) is 0 Å². The van der Waals surface area contributed by atoms with E-state index >= 15 is 0 Å². The summed E-state index contributed by atoms with van der Waals surface area (Å²) in [7, 11) is 0. The predicted molar refractivity (Wildman–Crippen MR) is 122 cm³/mol. The topological polar surface area (TPSA) is 46.4 Å². The third-order valence-corrected chi connectivity index (χ3v) is 5.16. The van der Waals surface area contributed by atoms with Gasteiger partial charge in [-0.15, -0.1) is 0 Å². The second-order valence-corrected chi connectivity index (χ2v) is 7.64. The lowest BCUT2D eigenvalue weighted by molar-refractivity contribution is -0.116. The quantitative estimate of drug-likeness (QED) is 0.446. The Labute approximate surface area is 181 Å². The van der Waals surface area contributed by atoms with E-state index in [4.69, 9.17) is 4.98 Å². The van der Waals surface area contributed by atoms with Gasteiger partial charge in [-0.25, -0.2) is 9.37 Å². The summed E-state index contributed by atoms with van der Waals surface area (Å²) >= 11 is 0. The van der Waals surface area contributed by atoms with Crippen LogP contribution in [0, 0.1) is 19.7 Å². The molecule has 0 aliphatic heterocycles. The van der Waals surface area contributed by atoms with Gasteiger partial charge in [0, 0.05) is 24.4 Å². The van der Waals surface area contributed by atoms with Gasteiger partial charge in [-0.3, -0.25) is 9.20 Å². The van der Waals surface area contributed by atoms with Gasteiger partial charge in [0.15, 0.2) is 0 Å². The molecule has 0 radical (unpaired) electrons. The fourth-order valence-corrected chi connectivity index (χ4v) is 3.44. The SMILES string of the molecule is Cc1ccc(-c2nc3cc(C)ccn3c2/C=C/C(=O)NCCc2ccc(F)cc2)cc1. The highest BCUT2D eigenvalue weighted by Crippen LogP contribution is 2.26. The average molecular weight is 413 g/mol. The van der Waals surface area contributed by atoms with Gasteiger partial charge in [-0.05, 0) is 61.7 Å². The number of aromatic nitrogens is 2. The van der Waals surface area contributed by atoms with Crippen molar-refractivity contribution in [2.24, 2.45) is 0 Å². The molecule has 4 aromatic rings. The van der Waals surface area contributed by atoms with E-state index in [-0.39, 0.29) is 11.7 Å². The van der Waals surface area contributed by atoms with Crippen LogP contribution < -0.4 is 5.32 Å². The number of halogens is 1. The summed E-state index contributed by atoms with van der Waals surface area (Å²) in [5, 5.41) is 2.88. The molecular formula is C26H24FN3O. The van der Waals surface area contributed by atoms with E-state index in [2.05, 4.69) is 17.4 Å². The zero-order chi connectivity index (χ0) is 21.8. The van der Waals surface area contributed by atoms with Gasteiger partial charge < -0.3 is 5.32 Å². The number of aryl methyl sites for hydroxylation is 2. The molecule has 4 nitrogen and oxygen atoms in total. The molecule has 4 rings (SSSR count). The number of imidazole rings is 1. The molecule has 2 heterocycles. The Morgan fingerprint density at radius 2 is 1.77 bits per heavy atom. The number of carbonyl (C=O) groups excluding carboxylic acids is 1. The number of hydrogen-bond donors (Lipinski definition) is 1. The minimum absolute atomic E-state index is 0.181. The molecule has 0 fully saturated rings. The van der Waals surface area contributed by atoms with E-state index in [0.29, 0.717) is 13.0 Å². The van der Waals surface area contributed by atoms with Crippen LogP contribution in [0.15, 0.2) is 72.9 Å². The first kappa shape index (κ1) is 20.5. The number of nitrogens with one attached hydrogen (secondary N) is 1. The van der Waals surface area contributed by atoms with Crippen LogP contribution in [-0.2, 0) is 11.2 Å². The highest BCUT2D eigenvalue weighted by molar-refractivity contribution is 5.92. The van der Waals surface area contributed by atoms with Crippen LogP contribution >= 0.6 is 0 Å². The first-order valence-electron chi connectivity index (χ1n) is 10.3. The van der Waals surface area contributed by atoms with Crippen molar-refractivity contribution < 1.29 is 9.18 Å². The van der Waals surface area contributed by atoms with E-state index in [1.165, 1.54) is 23.8 Å². The van der Waals surface area contributed by atoms with Gasteiger partial charge in [0.2, 0.25) is 5.91 Å². The molecule has 0 spiro atoms. The van der Waals surface area contributed by atoms with Crippen molar-refractivity contribution in [3.05, 3.63) is 101 Å². The highest BCUT2D eigenvalue weighted by Gasteiger charge is 2.12. The zero-order valence-electron chi connectivity index (χ0n) is 17.6. The minimum atomic E-state index is -0.261. The number of rotatable bonds is 6. The van der Waals surface area contributed by atoms with Crippen molar-refractivity contribution in [2.75, 3.05) is 6.54 Å². The maximum atomic E-state index is 13.0. The van der Waals surface area contributed by atoms with Crippen LogP contribution in [-0.4, -0.2) is 21.8 Å². The molecule has 0 bridgehead atoms. The predicted octanol–water partition coefficient (Wildman–Crippen LogP) is 5.13. The number of amides is 1. The number of pyridine rings is 1. The van der Waals surface area contributed by atoms with Crippen molar-refractivity contribution in [3.8, 4) is 11.3 Å². The van der Waals surface area contributed by atoms with Crippen LogP contribution in [0.2, 0.25) is 0 Å². The molecule has 0 saturated carbocycles. The minimum Gasteiger partial charge on any atom is -0.352 e. The molecule has 0 aliphatic carbocycles. The summed E-state index contributed by atoms with van der Waals surface area (Å²) in [6.45, 7) is 4.56. The standard InChI is InChI=1S/C26H24FN3O/c1-18-3-7-21(8-4-18)26-23(30-16-14-19(2)17-24(30)29-26)11-12-25(31)28-15-13-20-5-9-22(27)10-6-20/h3-12,14,16-17H,13,15H2,1-2H3,(H,28,31)/b12-11+. The molecule has 2 aromatic heterocycles. The summed E-state index contributed by atoms with van der Waals surface area (Å²) in [4.78, 5) is 17.2. The van der Waals surface area contributed by atoms with Gasteiger partial charge in [-0.1, -0.05) is 42.0 Å². The molecular weight excluding hydrogens is 389 g/mol. The molecule has 1 N–H and O–H groups in total. The van der Waals surface area contributed by atoms with Crippen molar-refractivity contribution in [3.63, 3.8) is 0 Å². The molecule has 5 heteroatoms. The molecule has 0 atom stereocenters. The largest absolute Gasteiger partial charge is 0.352 e. The fraction of sp³-hybridized carbons (Fsp3) is 0.154. The molecule has 1 amide bonds. The van der Waals surface area contributed by atoms with Crippen LogP contribution in [0.1, 0.15) is 22.4 Å². The average Bonchev–Trinajstić information content (AvgIpc) is 3.11. The summed E-state index contributed by atoms with van der Waals surface area (Å²) in [5.74, 6) is -0.442. The van der Waals surface area contributed by atoms with E-state index in [1.807, 2.05) is 48.7 Å². The molecule has 0 aliphatic rings. The van der Waals surface area contributed by atoms with Gasteiger partial charge in [0.1, 0.15) is 11.5 Å². The summed E-state index contributed by atoms with van der Waals surface area (Å²) < 4.78 is 15.0. The first-order valence-corrected chi connectivity index (χ1v) is 10.3. The molecule has 0 saturated heterocycles. The van der Waals surface area contributed by atoms with Crippen LogP contribution in [0.5, 0.6) is 0 Å². The number of benzene rings is 2. The second kappa shape index (κ2) is 8.96. The summed E-state index contributed by atoms with van der Waals surface area (Å²) in [5.41, 5.74) is 6.82. The summed E-state index contributed by atoms with van der Waals surface area (Å²) in [6.07, 6.45) is 5.95. The normalized spacial score (nSPS) is 11.3. The van der Waals surface area contributed by atoms with Crippen molar-refractivity contribution in [1.82, 2.24) is 14.7 Å². The van der Waals surface area contributed by atoms with E-state index in [1.54, 1.807) is 18.2 Å². The zero-order valence-corrected chi connectivity index (χ0v) is 17.6. The van der Waals surface area contributed by atoms with Gasteiger partial charge >= 0.3 is 0 Å². The van der Waals surface area contributed by atoms with E-state index < -0.39 is 0 Å². The Morgan fingerprint density at radius 1 is 1.03 bits per heavy atom. The Bertz CT molecular complexity index is 1240. The Kier molecular flexibility index (Phi) is 5.94. The number of hydrogen-bond acceptors (Lipinski definition) is 2. The second-order valence-electron chi connectivity index (χ2n) is 7.64. The van der Waals surface area contributed by atoms with Gasteiger partial charge in [0.05, 0.1) is 11.4 Å². The molecule has 2 aromatic carbocycles. The lowest BCUT2D eigenvalue weighted by Crippen LogP contribution is -2.23. The Hall–Kier alpha value is -3.73. The van der Waals surface area contributed by atoms with Crippen LogP contribution in [0.4, 0.5) is 4.39 Å². The lowest BCUT2D eigenvalue weighted by atomic mass is 10.1. The molecule has 0 unspecified atom stereocenters. The Morgan fingerprint density at radius 3 is 2.52 bits per heavy atom. The maximum Gasteiger partial charge on any atom is 0.244 e. The van der Waals surface area contributed by atoms with Crippen molar-refractivity contribution >= 4 is 17.6 Å². The van der Waals surface area contributed by atoms with Gasteiger partial charge in [-0.2, -0.15) is 0 Å². The number of fused-ring (bicyclic) bond motifs is 1. The number of carbonyl (C=O) groups is 1. The number of nitrogens with zero attached hydrogens (tertiary/aromatic N) is 2.